The molecule has 124 valence electrons. The molecule has 0 fully saturated rings. The number of nitrogen functional groups attached to an aromatic ring is 1. The van der Waals surface area contributed by atoms with Gasteiger partial charge in [-0.05, 0) is 65.1 Å². The number of hydrogen-bond acceptors (Lipinski definition) is 5. The summed E-state index contributed by atoms with van der Waals surface area (Å²) in [5, 5.41) is 4.04. The highest BCUT2D eigenvalue weighted by Crippen LogP contribution is 2.32. The van der Waals surface area contributed by atoms with E-state index in [2.05, 4.69) is 15.3 Å². The lowest BCUT2D eigenvalue weighted by atomic mass is 10.2. The van der Waals surface area contributed by atoms with Gasteiger partial charge in [0.05, 0.1) is 0 Å². The zero-order valence-electron chi connectivity index (χ0n) is 12.9. The molecule has 0 aliphatic carbocycles. The molecule has 3 aromatic rings. The Labute approximate surface area is 156 Å². The SMILES string of the molecule is Nc1ccc(NC2=C(I)C(=O)/C(=C/c3c[nH]c4ncccc34)O2)cc1. The number of nitrogens with one attached hydrogen (secondary N) is 2. The van der Waals surface area contributed by atoms with E-state index in [4.69, 9.17) is 10.5 Å². The molecule has 3 heterocycles. The number of ether oxygens (including phenoxy) is 1. The normalized spacial score (nSPS) is 15.9. The number of rotatable bonds is 3. The predicted octanol–water partition coefficient (Wildman–Crippen LogP) is 3.80. The van der Waals surface area contributed by atoms with Gasteiger partial charge in [0.25, 0.3) is 0 Å². The molecule has 6 nitrogen and oxygen atoms in total. The number of benzene rings is 1. The molecule has 0 saturated heterocycles. The van der Waals surface area contributed by atoms with Gasteiger partial charge >= 0.3 is 0 Å². The standard InChI is InChI=1S/C18H13IN4O2/c19-15-16(24)14(8-10-9-22-17-13(10)2-1-7-21-17)25-18(15)23-12-5-3-11(20)4-6-12/h1-9,23H,20H2,(H,21,22)/b14-8-. The number of fused-ring (bicyclic) bond motifs is 1. The molecule has 0 radical (unpaired) electrons. The number of anilines is 2. The molecule has 4 N–H and O–H groups in total. The number of Topliss-reactive ketones (excluding diaryl/α,β-unsaturated/α-hetero) is 1. The van der Waals surface area contributed by atoms with E-state index in [0.29, 0.717) is 15.2 Å². The number of nitrogens with two attached hydrogens (primary N) is 1. The monoisotopic (exact) mass is 444 g/mol. The third kappa shape index (κ3) is 2.98. The maximum atomic E-state index is 12.5. The first-order chi connectivity index (χ1) is 12.1. The summed E-state index contributed by atoms with van der Waals surface area (Å²) < 4.78 is 6.25. The summed E-state index contributed by atoms with van der Waals surface area (Å²) in [4.78, 5) is 19.8. The molecule has 4 rings (SSSR count). The van der Waals surface area contributed by atoms with E-state index >= 15 is 0 Å². The Morgan fingerprint density at radius 2 is 2.04 bits per heavy atom. The van der Waals surface area contributed by atoms with Crippen molar-refractivity contribution in [3.8, 4) is 0 Å². The minimum Gasteiger partial charge on any atom is -0.436 e. The maximum absolute atomic E-state index is 12.5. The summed E-state index contributed by atoms with van der Waals surface area (Å²) in [5.41, 5.74) is 8.77. The minimum absolute atomic E-state index is 0.156. The second kappa shape index (κ2) is 6.25. The van der Waals surface area contributed by atoms with Gasteiger partial charge in [0.1, 0.15) is 9.23 Å². The van der Waals surface area contributed by atoms with E-state index < -0.39 is 0 Å². The van der Waals surface area contributed by atoms with Gasteiger partial charge in [0.15, 0.2) is 5.76 Å². The van der Waals surface area contributed by atoms with E-state index in [-0.39, 0.29) is 11.5 Å². The van der Waals surface area contributed by atoms with Gasteiger partial charge in [0, 0.05) is 34.7 Å². The van der Waals surface area contributed by atoms with Crippen LogP contribution in [0.1, 0.15) is 5.56 Å². The molecule has 1 aliphatic heterocycles. The van der Waals surface area contributed by atoms with Crippen molar-refractivity contribution in [1.29, 1.82) is 0 Å². The minimum atomic E-state index is -0.156. The molecule has 0 atom stereocenters. The largest absolute Gasteiger partial charge is 0.436 e. The summed E-state index contributed by atoms with van der Waals surface area (Å²) in [7, 11) is 0. The van der Waals surface area contributed by atoms with Gasteiger partial charge in [-0.1, -0.05) is 0 Å². The first-order valence-corrected chi connectivity index (χ1v) is 8.58. The van der Waals surface area contributed by atoms with Gasteiger partial charge in [-0.2, -0.15) is 0 Å². The molecule has 1 aromatic carbocycles. The summed E-state index contributed by atoms with van der Waals surface area (Å²) in [6, 6.07) is 11.0. The van der Waals surface area contributed by atoms with Crippen molar-refractivity contribution in [2.45, 2.75) is 0 Å². The number of hydrogen-bond donors (Lipinski definition) is 3. The van der Waals surface area contributed by atoms with Crippen LogP contribution in [0.2, 0.25) is 0 Å². The number of H-pyrrole nitrogens is 1. The smallest absolute Gasteiger partial charge is 0.239 e. The Balaban J connectivity index is 1.61. The van der Waals surface area contributed by atoms with E-state index in [1.807, 2.05) is 46.9 Å². The highest BCUT2D eigenvalue weighted by molar-refractivity contribution is 14.1. The fraction of sp³-hybridized carbons (Fsp3) is 0. The molecular weight excluding hydrogens is 431 g/mol. The molecule has 0 unspecified atom stereocenters. The first kappa shape index (κ1) is 15.7. The van der Waals surface area contributed by atoms with Crippen molar-refractivity contribution in [1.82, 2.24) is 9.97 Å². The number of aromatic amines is 1. The van der Waals surface area contributed by atoms with Crippen LogP contribution in [0.25, 0.3) is 17.1 Å². The van der Waals surface area contributed by atoms with E-state index in [1.54, 1.807) is 30.6 Å². The van der Waals surface area contributed by atoms with Crippen LogP contribution in [0, 0.1) is 0 Å². The Bertz CT molecular complexity index is 1030. The lowest BCUT2D eigenvalue weighted by Gasteiger charge is -2.08. The molecule has 1 aliphatic rings. The number of carbonyl (C=O) groups excluding carboxylic acids is 1. The fourth-order valence-electron chi connectivity index (χ4n) is 2.52. The lowest BCUT2D eigenvalue weighted by molar-refractivity contribution is -0.112. The number of carbonyl (C=O) groups is 1. The molecule has 0 saturated carbocycles. The van der Waals surface area contributed by atoms with Crippen LogP contribution in [0.5, 0.6) is 0 Å². The van der Waals surface area contributed by atoms with Crippen LogP contribution < -0.4 is 11.1 Å². The van der Waals surface area contributed by atoms with Crippen LogP contribution in [0.3, 0.4) is 0 Å². The third-order valence-electron chi connectivity index (χ3n) is 3.77. The van der Waals surface area contributed by atoms with Crippen LogP contribution in [-0.2, 0) is 9.53 Å². The van der Waals surface area contributed by atoms with Crippen molar-refractivity contribution < 1.29 is 9.53 Å². The number of aromatic nitrogens is 2. The molecule has 25 heavy (non-hydrogen) atoms. The van der Waals surface area contributed by atoms with Crippen LogP contribution in [-0.4, -0.2) is 15.8 Å². The second-order valence-corrected chi connectivity index (χ2v) is 6.55. The topological polar surface area (TPSA) is 93.0 Å². The van der Waals surface area contributed by atoms with Gasteiger partial charge in [-0.25, -0.2) is 4.98 Å². The van der Waals surface area contributed by atoms with E-state index in [0.717, 1.165) is 22.3 Å². The molecule has 2 aromatic heterocycles. The van der Waals surface area contributed by atoms with E-state index in [1.165, 1.54) is 0 Å². The summed E-state index contributed by atoms with van der Waals surface area (Å²) in [6.45, 7) is 0. The Morgan fingerprint density at radius 3 is 2.84 bits per heavy atom. The highest BCUT2D eigenvalue weighted by Gasteiger charge is 2.29. The predicted molar refractivity (Wildman–Crippen MR) is 106 cm³/mol. The fourth-order valence-corrected chi connectivity index (χ4v) is 3.03. The maximum Gasteiger partial charge on any atom is 0.239 e. The van der Waals surface area contributed by atoms with Crippen LogP contribution in [0.15, 0.2) is 64.0 Å². The summed E-state index contributed by atoms with van der Waals surface area (Å²) in [5.74, 6) is 0.531. The van der Waals surface area contributed by atoms with Crippen LogP contribution in [0.4, 0.5) is 11.4 Å². The molecule has 0 bridgehead atoms. The van der Waals surface area contributed by atoms with Crippen molar-refractivity contribution in [2.75, 3.05) is 11.1 Å². The number of allylic oxidation sites excluding steroid dienone is 1. The molecule has 0 amide bonds. The van der Waals surface area contributed by atoms with E-state index in [9.17, 15) is 4.79 Å². The quantitative estimate of drug-likeness (QED) is 0.325. The lowest BCUT2D eigenvalue weighted by Crippen LogP contribution is -2.00. The Hall–Kier alpha value is -2.81. The average molecular weight is 444 g/mol. The molecular formula is C18H13IN4O2. The Kier molecular flexibility index (Phi) is 3.92. The summed E-state index contributed by atoms with van der Waals surface area (Å²) in [6.07, 6.45) is 5.24. The number of pyridine rings is 1. The Morgan fingerprint density at radius 1 is 1.24 bits per heavy atom. The zero-order valence-corrected chi connectivity index (χ0v) is 15.1. The number of halogens is 1. The first-order valence-electron chi connectivity index (χ1n) is 7.50. The summed E-state index contributed by atoms with van der Waals surface area (Å²) >= 11 is 1.98. The van der Waals surface area contributed by atoms with Crippen molar-refractivity contribution >= 4 is 56.9 Å². The van der Waals surface area contributed by atoms with Gasteiger partial charge in [-0.3, -0.25) is 4.79 Å². The van der Waals surface area contributed by atoms with Gasteiger partial charge < -0.3 is 20.8 Å². The zero-order chi connectivity index (χ0) is 17.4. The number of ketones is 1. The van der Waals surface area contributed by atoms with Crippen LogP contribution >= 0.6 is 22.6 Å². The highest BCUT2D eigenvalue weighted by atomic mass is 127. The van der Waals surface area contributed by atoms with Crippen molar-refractivity contribution in [3.05, 3.63) is 69.6 Å². The van der Waals surface area contributed by atoms with Gasteiger partial charge in [-0.15, -0.1) is 0 Å². The third-order valence-corrected chi connectivity index (χ3v) is 4.75. The average Bonchev–Trinajstić information content (AvgIpc) is 3.14. The second-order valence-electron chi connectivity index (χ2n) is 5.47. The van der Waals surface area contributed by atoms with Crippen molar-refractivity contribution in [3.63, 3.8) is 0 Å². The molecule has 0 spiro atoms. The molecule has 7 heteroatoms. The van der Waals surface area contributed by atoms with Crippen molar-refractivity contribution in [2.24, 2.45) is 0 Å². The van der Waals surface area contributed by atoms with Gasteiger partial charge in [0.2, 0.25) is 11.7 Å². The number of nitrogens with zero attached hydrogens (tertiary/aromatic N) is 1.